The number of rotatable bonds is 5. The van der Waals surface area contributed by atoms with Gasteiger partial charge >= 0.3 is 0 Å². The number of para-hydroxylation sites is 2. The van der Waals surface area contributed by atoms with Crippen LogP contribution >= 0.6 is 0 Å². The molecular formula is C35H29N. The molecule has 1 aromatic heterocycles. The fraction of sp³-hybridized carbons (Fsp3) is 0.143. The topological polar surface area (TPSA) is 4.93 Å². The van der Waals surface area contributed by atoms with Gasteiger partial charge in [0.25, 0.3) is 0 Å². The van der Waals surface area contributed by atoms with Crippen LogP contribution in [-0.2, 0) is 12.8 Å². The van der Waals surface area contributed by atoms with Crippen molar-refractivity contribution in [3.8, 4) is 27.9 Å². The molecule has 0 bridgehead atoms. The third-order valence-corrected chi connectivity index (χ3v) is 7.79. The van der Waals surface area contributed by atoms with Crippen LogP contribution in [-0.4, -0.2) is 4.57 Å². The van der Waals surface area contributed by atoms with E-state index in [-0.39, 0.29) is 0 Å². The molecule has 0 amide bonds. The summed E-state index contributed by atoms with van der Waals surface area (Å²) in [5.74, 6) is 0. The van der Waals surface area contributed by atoms with Gasteiger partial charge < -0.3 is 4.57 Å². The number of hydrogen-bond acceptors (Lipinski definition) is 0. The van der Waals surface area contributed by atoms with Gasteiger partial charge in [-0.3, -0.25) is 0 Å². The molecule has 0 spiro atoms. The van der Waals surface area contributed by atoms with Crippen molar-refractivity contribution in [3.05, 3.63) is 126 Å². The van der Waals surface area contributed by atoms with E-state index in [2.05, 4.69) is 121 Å². The van der Waals surface area contributed by atoms with Crippen molar-refractivity contribution in [1.29, 1.82) is 0 Å². The minimum absolute atomic E-state index is 1.04. The van der Waals surface area contributed by atoms with Crippen LogP contribution < -0.4 is 0 Å². The minimum atomic E-state index is 1.04. The number of unbranched alkanes of at least 4 members (excludes halogenated alkanes) is 1. The summed E-state index contributed by atoms with van der Waals surface area (Å²) in [7, 11) is 0. The van der Waals surface area contributed by atoms with Gasteiger partial charge in [-0.05, 0) is 94.6 Å². The highest BCUT2D eigenvalue weighted by Gasteiger charge is 2.20. The largest absolute Gasteiger partial charge is 0.309 e. The Hall–Kier alpha value is -4.10. The molecule has 1 aliphatic carbocycles. The van der Waals surface area contributed by atoms with Crippen molar-refractivity contribution in [1.82, 2.24) is 4.57 Å². The number of aromatic nitrogens is 1. The number of nitrogens with zero attached hydrogens (tertiary/aromatic N) is 1. The second kappa shape index (κ2) is 8.53. The Morgan fingerprint density at radius 2 is 1.31 bits per heavy atom. The predicted octanol–water partition coefficient (Wildman–Crippen LogP) is 9.36. The van der Waals surface area contributed by atoms with E-state index in [0.29, 0.717) is 0 Å². The lowest BCUT2D eigenvalue weighted by Crippen LogP contribution is -1.92. The summed E-state index contributed by atoms with van der Waals surface area (Å²) in [5, 5.41) is 2.60. The fourth-order valence-electron chi connectivity index (χ4n) is 5.94. The number of hydrogen-bond donors (Lipinski definition) is 0. The summed E-state index contributed by atoms with van der Waals surface area (Å²) in [6.07, 6.45) is 4.70. The lowest BCUT2D eigenvalue weighted by molar-refractivity contribution is 0.795. The van der Waals surface area contributed by atoms with Crippen LogP contribution in [0.4, 0.5) is 0 Å². The van der Waals surface area contributed by atoms with Crippen LogP contribution in [0.15, 0.2) is 109 Å². The van der Waals surface area contributed by atoms with Crippen LogP contribution in [0, 0.1) is 0 Å². The molecule has 0 radical (unpaired) electrons. The molecule has 0 saturated carbocycles. The third-order valence-electron chi connectivity index (χ3n) is 7.79. The molecule has 174 valence electrons. The van der Waals surface area contributed by atoms with Crippen molar-refractivity contribution in [2.45, 2.75) is 32.6 Å². The first kappa shape index (κ1) is 21.2. The Labute approximate surface area is 212 Å². The van der Waals surface area contributed by atoms with Crippen LogP contribution in [0.25, 0.3) is 49.7 Å². The van der Waals surface area contributed by atoms with Gasteiger partial charge in [0, 0.05) is 16.5 Å². The highest BCUT2D eigenvalue weighted by molar-refractivity contribution is 6.10. The number of fused-ring (bicyclic) bond motifs is 6. The molecule has 1 nitrogen and oxygen atoms in total. The molecule has 0 unspecified atom stereocenters. The Morgan fingerprint density at radius 3 is 2.17 bits per heavy atom. The van der Waals surface area contributed by atoms with E-state index < -0.39 is 0 Å². The zero-order chi connectivity index (χ0) is 24.1. The average Bonchev–Trinajstić information content (AvgIpc) is 3.47. The standard InChI is InChI=1S/C35H29N/c1-2-3-9-24-14-15-27-21-28-17-16-25(22-32(28)31(27)20-24)26-18-19-35-33(23-26)30-12-7-8-13-34(30)36(35)29-10-5-4-6-11-29/h4-8,10-20,22-23H,2-3,9,21H2,1H3. The van der Waals surface area contributed by atoms with Crippen LogP contribution in [0.5, 0.6) is 0 Å². The van der Waals surface area contributed by atoms with Crippen LogP contribution in [0.1, 0.15) is 36.5 Å². The molecule has 6 aromatic rings. The zero-order valence-corrected chi connectivity index (χ0v) is 20.7. The van der Waals surface area contributed by atoms with E-state index >= 15 is 0 Å². The molecule has 0 N–H and O–H groups in total. The number of aryl methyl sites for hydroxylation is 1. The summed E-state index contributed by atoms with van der Waals surface area (Å²) in [6.45, 7) is 2.27. The normalized spacial score (nSPS) is 12.2. The smallest absolute Gasteiger partial charge is 0.0541 e. The fourth-order valence-corrected chi connectivity index (χ4v) is 5.94. The van der Waals surface area contributed by atoms with Crippen LogP contribution in [0.2, 0.25) is 0 Å². The highest BCUT2D eigenvalue weighted by Crippen LogP contribution is 2.41. The minimum Gasteiger partial charge on any atom is -0.309 e. The van der Waals surface area contributed by atoms with Gasteiger partial charge in [0.05, 0.1) is 11.0 Å². The summed E-state index contributed by atoms with van der Waals surface area (Å²) >= 11 is 0. The van der Waals surface area contributed by atoms with Gasteiger partial charge in [-0.15, -0.1) is 0 Å². The van der Waals surface area contributed by atoms with Gasteiger partial charge in [0.1, 0.15) is 0 Å². The quantitative estimate of drug-likeness (QED) is 0.240. The van der Waals surface area contributed by atoms with Gasteiger partial charge in [0.2, 0.25) is 0 Å². The third kappa shape index (κ3) is 3.38. The van der Waals surface area contributed by atoms with Crippen molar-refractivity contribution in [3.63, 3.8) is 0 Å². The molecule has 0 saturated heterocycles. The molecule has 0 aliphatic heterocycles. The second-order valence-corrected chi connectivity index (χ2v) is 10.1. The highest BCUT2D eigenvalue weighted by atomic mass is 15.0. The van der Waals surface area contributed by atoms with Gasteiger partial charge in [0.15, 0.2) is 0 Å². The number of benzene rings is 5. The van der Waals surface area contributed by atoms with Gasteiger partial charge in [-0.1, -0.05) is 86.1 Å². The molecule has 0 fully saturated rings. The van der Waals surface area contributed by atoms with Crippen molar-refractivity contribution in [2.24, 2.45) is 0 Å². The molecule has 1 aliphatic rings. The van der Waals surface area contributed by atoms with E-state index in [1.807, 2.05) is 0 Å². The van der Waals surface area contributed by atoms with E-state index in [4.69, 9.17) is 0 Å². The van der Waals surface area contributed by atoms with E-state index in [9.17, 15) is 0 Å². The first-order valence-electron chi connectivity index (χ1n) is 13.1. The maximum atomic E-state index is 2.44. The van der Waals surface area contributed by atoms with Crippen molar-refractivity contribution >= 4 is 21.8 Å². The SMILES string of the molecule is CCCCc1ccc2c(c1)-c1cc(-c3ccc4c(c3)c3ccccc3n4-c3ccccc3)ccc1C2. The summed E-state index contributed by atoms with van der Waals surface area (Å²) in [4.78, 5) is 0. The molecule has 36 heavy (non-hydrogen) atoms. The maximum Gasteiger partial charge on any atom is 0.0541 e. The second-order valence-electron chi connectivity index (χ2n) is 10.1. The van der Waals surface area contributed by atoms with E-state index in [1.54, 1.807) is 0 Å². The summed E-state index contributed by atoms with van der Waals surface area (Å²) < 4.78 is 2.38. The molecule has 1 heteroatoms. The first-order chi connectivity index (χ1) is 17.8. The van der Waals surface area contributed by atoms with Gasteiger partial charge in [-0.2, -0.15) is 0 Å². The summed E-state index contributed by atoms with van der Waals surface area (Å²) in [6, 6.07) is 40.6. The Bertz CT molecular complexity index is 1740. The van der Waals surface area contributed by atoms with E-state index in [0.717, 1.165) is 6.42 Å². The lowest BCUT2D eigenvalue weighted by Gasteiger charge is -2.09. The van der Waals surface area contributed by atoms with Crippen molar-refractivity contribution < 1.29 is 0 Å². The monoisotopic (exact) mass is 463 g/mol. The Balaban J connectivity index is 1.36. The predicted molar refractivity (Wildman–Crippen MR) is 153 cm³/mol. The zero-order valence-electron chi connectivity index (χ0n) is 20.7. The Morgan fingerprint density at radius 1 is 0.611 bits per heavy atom. The molecule has 0 atom stereocenters. The maximum absolute atomic E-state index is 2.44. The lowest BCUT2D eigenvalue weighted by atomic mass is 9.96. The first-order valence-corrected chi connectivity index (χ1v) is 13.1. The average molecular weight is 464 g/mol. The molecule has 7 rings (SSSR count). The Kier molecular flexibility index (Phi) is 5.03. The molecule has 1 heterocycles. The molecular weight excluding hydrogens is 434 g/mol. The van der Waals surface area contributed by atoms with E-state index in [1.165, 1.54) is 85.7 Å². The van der Waals surface area contributed by atoms with Crippen molar-refractivity contribution in [2.75, 3.05) is 0 Å². The van der Waals surface area contributed by atoms with Crippen LogP contribution in [0.3, 0.4) is 0 Å². The molecule has 5 aromatic carbocycles. The summed E-state index contributed by atoms with van der Waals surface area (Å²) in [5.41, 5.74) is 13.5. The van der Waals surface area contributed by atoms with Gasteiger partial charge in [-0.25, -0.2) is 0 Å².